The smallest absolute Gasteiger partial charge is 0.418 e. The number of carboxylic acid groups (broad SMARTS) is 1. The fraction of sp³-hybridized carbons (Fsp3) is 0.0667. The lowest BCUT2D eigenvalue weighted by molar-refractivity contribution is -0.138. The highest BCUT2D eigenvalue weighted by molar-refractivity contribution is 5.98. The van der Waals surface area contributed by atoms with Crippen molar-refractivity contribution in [2.45, 2.75) is 6.18 Å². The number of nitriles is 1. The number of nitrogens with zero attached hydrogens (tertiary/aromatic N) is 1. The predicted molar refractivity (Wildman–Crippen MR) is 68.6 cm³/mol. The zero-order valence-corrected chi connectivity index (χ0v) is 10.5. The second-order valence-corrected chi connectivity index (χ2v) is 4.19. The van der Waals surface area contributed by atoms with E-state index in [4.69, 9.17) is 5.26 Å². The molecule has 0 amide bonds. The summed E-state index contributed by atoms with van der Waals surface area (Å²) >= 11 is 0. The third kappa shape index (κ3) is 2.72. The van der Waals surface area contributed by atoms with Crippen LogP contribution in [0.4, 0.5) is 13.2 Å². The Hall–Kier alpha value is -2.81. The van der Waals surface area contributed by atoms with Crippen molar-refractivity contribution in [3.05, 3.63) is 59.2 Å². The molecule has 2 rings (SSSR count). The van der Waals surface area contributed by atoms with Crippen molar-refractivity contribution in [3.63, 3.8) is 0 Å². The maximum absolute atomic E-state index is 13.1. The number of carbonyl (C=O) groups is 1. The van der Waals surface area contributed by atoms with Gasteiger partial charge in [-0.25, -0.2) is 4.79 Å². The van der Waals surface area contributed by atoms with Gasteiger partial charge in [-0.15, -0.1) is 0 Å². The molecule has 3 nitrogen and oxygen atoms in total. The highest BCUT2D eigenvalue weighted by atomic mass is 19.4. The summed E-state index contributed by atoms with van der Waals surface area (Å²) in [4.78, 5) is 11.3. The number of hydrogen-bond donors (Lipinski definition) is 1. The normalized spacial score (nSPS) is 11.0. The van der Waals surface area contributed by atoms with Gasteiger partial charge in [0.15, 0.2) is 0 Å². The van der Waals surface area contributed by atoms with Crippen LogP contribution >= 0.6 is 0 Å². The van der Waals surface area contributed by atoms with Crippen molar-refractivity contribution >= 4 is 5.97 Å². The molecule has 0 spiro atoms. The van der Waals surface area contributed by atoms with Crippen LogP contribution in [0.3, 0.4) is 0 Å². The number of rotatable bonds is 2. The quantitative estimate of drug-likeness (QED) is 0.911. The molecule has 0 unspecified atom stereocenters. The molecule has 0 aliphatic rings. The molecule has 0 atom stereocenters. The Morgan fingerprint density at radius 1 is 1.10 bits per heavy atom. The largest absolute Gasteiger partial charge is 0.478 e. The van der Waals surface area contributed by atoms with Gasteiger partial charge in [0, 0.05) is 0 Å². The van der Waals surface area contributed by atoms with Gasteiger partial charge in [-0.05, 0) is 17.2 Å². The van der Waals surface area contributed by atoms with E-state index in [0.29, 0.717) is 5.56 Å². The molecule has 0 bridgehead atoms. The molecule has 2 aromatic carbocycles. The first-order chi connectivity index (χ1) is 9.86. The van der Waals surface area contributed by atoms with Gasteiger partial charge in [-0.1, -0.05) is 36.4 Å². The first-order valence-electron chi connectivity index (χ1n) is 5.79. The zero-order chi connectivity index (χ0) is 15.6. The summed E-state index contributed by atoms with van der Waals surface area (Å²) in [6.45, 7) is 0. The number of alkyl halides is 3. The molecule has 21 heavy (non-hydrogen) atoms. The van der Waals surface area contributed by atoms with E-state index >= 15 is 0 Å². The van der Waals surface area contributed by atoms with Gasteiger partial charge in [0.2, 0.25) is 0 Å². The molecular weight excluding hydrogens is 283 g/mol. The highest BCUT2D eigenvalue weighted by Gasteiger charge is 2.39. The molecule has 0 saturated heterocycles. The topological polar surface area (TPSA) is 61.1 Å². The third-order valence-corrected chi connectivity index (χ3v) is 2.91. The first kappa shape index (κ1) is 14.6. The van der Waals surface area contributed by atoms with Gasteiger partial charge in [-0.2, -0.15) is 18.4 Å². The van der Waals surface area contributed by atoms with E-state index in [9.17, 15) is 23.1 Å². The fourth-order valence-corrected chi connectivity index (χ4v) is 2.07. The monoisotopic (exact) mass is 291 g/mol. The van der Waals surface area contributed by atoms with Crippen molar-refractivity contribution in [2.24, 2.45) is 0 Å². The van der Waals surface area contributed by atoms with Crippen LogP contribution in [0.1, 0.15) is 21.5 Å². The predicted octanol–water partition coefficient (Wildman–Crippen LogP) is 3.94. The Morgan fingerprint density at radius 3 is 2.19 bits per heavy atom. The molecule has 0 aromatic heterocycles. The number of halogens is 3. The number of carboxylic acids is 1. The summed E-state index contributed by atoms with van der Waals surface area (Å²) in [7, 11) is 0. The molecule has 2 aromatic rings. The Balaban J connectivity index is 2.87. The minimum absolute atomic E-state index is 0.0746. The summed E-state index contributed by atoms with van der Waals surface area (Å²) in [5.41, 5.74) is -2.77. The van der Waals surface area contributed by atoms with Crippen LogP contribution in [-0.2, 0) is 6.18 Å². The van der Waals surface area contributed by atoms with Crippen molar-refractivity contribution in [1.29, 1.82) is 5.26 Å². The zero-order valence-electron chi connectivity index (χ0n) is 10.5. The van der Waals surface area contributed by atoms with E-state index in [1.807, 2.05) is 0 Å². The van der Waals surface area contributed by atoms with E-state index in [1.165, 1.54) is 24.3 Å². The lowest BCUT2D eigenvalue weighted by atomic mass is 9.92. The van der Waals surface area contributed by atoms with E-state index in [-0.39, 0.29) is 5.56 Å². The maximum Gasteiger partial charge on any atom is 0.418 e. The van der Waals surface area contributed by atoms with E-state index in [2.05, 4.69) is 0 Å². The Morgan fingerprint density at radius 2 is 1.71 bits per heavy atom. The molecule has 0 aliphatic heterocycles. The van der Waals surface area contributed by atoms with Gasteiger partial charge in [-0.3, -0.25) is 0 Å². The van der Waals surface area contributed by atoms with E-state index < -0.39 is 28.8 Å². The molecule has 0 aliphatic carbocycles. The molecule has 1 N–H and O–H groups in total. The Bertz CT molecular complexity index is 731. The molecule has 0 heterocycles. The highest BCUT2D eigenvalue weighted by Crippen LogP contribution is 2.39. The average molecular weight is 291 g/mol. The summed E-state index contributed by atoms with van der Waals surface area (Å²) in [6.07, 6.45) is -4.93. The summed E-state index contributed by atoms with van der Waals surface area (Å²) in [5, 5.41) is 18.0. The van der Waals surface area contributed by atoms with Crippen LogP contribution in [0.5, 0.6) is 0 Å². The number of benzene rings is 2. The molecule has 0 saturated carbocycles. The van der Waals surface area contributed by atoms with Crippen molar-refractivity contribution < 1.29 is 23.1 Å². The van der Waals surface area contributed by atoms with E-state index in [1.54, 1.807) is 18.2 Å². The SMILES string of the molecule is N#Cc1ccc(-c2ccccc2)c(C(=O)O)c1C(F)(F)F. The lowest BCUT2D eigenvalue weighted by Crippen LogP contribution is -2.16. The Kier molecular flexibility index (Phi) is 3.68. The fourth-order valence-electron chi connectivity index (χ4n) is 2.07. The van der Waals surface area contributed by atoms with E-state index in [0.717, 1.165) is 6.07 Å². The van der Waals surface area contributed by atoms with Crippen LogP contribution in [-0.4, -0.2) is 11.1 Å². The standard InChI is InChI=1S/C15H8F3NO2/c16-15(17,18)13-10(8-19)6-7-11(12(13)14(20)21)9-4-2-1-3-5-9/h1-7H,(H,20,21). The van der Waals surface area contributed by atoms with Crippen molar-refractivity contribution in [2.75, 3.05) is 0 Å². The van der Waals surface area contributed by atoms with Crippen LogP contribution in [0, 0.1) is 11.3 Å². The second-order valence-electron chi connectivity index (χ2n) is 4.19. The average Bonchev–Trinajstić information content (AvgIpc) is 2.45. The van der Waals surface area contributed by atoms with Crippen molar-refractivity contribution in [1.82, 2.24) is 0 Å². The van der Waals surface area contributed by atoms with Crippen LogP contribution < -0.4 is 0 Å². The molecular formula is C15H8F3NO2. The van der Waals surface area contributed by atoms with Gasteiger partial charge in [0.1, 0.15) is 0 Å². The third-order valence-electron chi connectivity index (χ3n) is 2.91. The molecule has 0 fully saturated rings. The minimum Gasteiger partial charge on any atom is -0.478 e. The second kappa shape index (κ2) is 5.29. The molecule has 0 radical (unpaired) electrons. The first-order valence-corrected chi connectivity index (χ1v) is 5.79. The maximum atomic E-state index is 13.1. The van der Waals surface area contributed by atoms with Crippen LogP contribution in [0.15, 0.2) is 42.5 Å². The Labute approximate surface area is 117 Å². The summed E-state index contributed by atoms with van der Waals surface area (Å²) in [6, 6.07) is 11.5. The van der Waals surface area contributed by atoms with Crippen LogP contribution in [0.2, 0.25) is 0 Å². The van der Waals surface area contributed by atoms with Gasteiger partial charge >= 0.3 is 12.1 Å². The van der Waals surface area contributed by atoms with Crippen LogP contribution in [0.25, 0.3) is 11.1 Å². The van der Waals surface area contributed by atoms with Gasteiger partial charge in [0.05, 0.1) is 22.8 Å². The molecule has 106 valence electrons. The molecule has 6 heteroatoms. The number of hydrogen-bond acceptors (Lipinski definition) is 2. The lowest BCUT2D eigenvalue weighted by Gasteiger charge is -2.15. The number of aromatic carboxylic acids is 1. The van der Waals surface area contributed by atoms with Crippen molar-refractivity contribution in [3.8, 4) is 17.2 Å². The van der Waals surface area contributed by atoms with Gasteiger partial charge < -0.3 is 5.11 Å². The van der Waals surface area contributed by atoms with Gasteiger partial charge in [0.25, 0.3) is 0 Å². The minimum atomic E-state index is -4.93. The summed E-state index contributed by atoms with van der Waals surface area (Å²) in [5.74, 6) is -1.72. The summed E-state index contributed by atoms with van der Waals surface area (Å²) < 4.78 is 39.4.